The van der Waals surface area contributed by atoms with Crippen LogP contribution >= 0.6 is 0 Å². The first-order valence-electron chi connectivity index (χ1n) is 10.7. The lowest BCUT2D eigenvalue weighted by Crippen LogP contribution is -2.32. The maximum Gasteiger partial charge on any atom is 0.338 e. The Labute approximate surface area is 192 Å². The molecule has 4 rings (SSSR count). The lowest BCUT2D eigenvalue weighted by molar-refractivity contribution is 0.0429. The van der Waals surface area contributed by atoms with Crippen molar-refractivity contribution < 1.29 is 27.2 Å². The van der Waals surface area contributed by atoms with Gasteiger partial charge in [-0.05, 0) is 43.2 Å². The summed E-state index contributed by atoms with van der Waals surface area (Å²) < 4.78 is 43.3. The van der Waals surface area contributed by atoms with Crippen molar-refractivity contribution in [2.24, 2.45) is 0 Å². The van der Waals surface area contributed by atoms with E-state index < -0.39 is 16.0 Å². The van der Waals surface area contributed by atoms with E-state index >= 15 is 0 Å². The van der Waals surface area contributed by atoms with Gasteiger partial charge in [-0.3, -0.25) is 0 Å². The van der Waals surface area contributed by atoms with Gasteiger partial charge in [0.15, 0.2) is 6.61 Å². The summed E-state index contributed by atoms with van der Waals surface area (Å²) >= 11 is 0. The standard InChI is InChI=1S/C23H25N3O6S/c1-30-20-12-5-4-11-19(20)22-24-21(32-25-22)16-31-23(27)17-9-8-10-18(15-17)33(28,29)26-13-6-2-3-7-14-26/h4-5,8-12,15H,2-3,6-7,13-14,16H2,1H3. The first-order chi connectivity index (χ1) is 16.0. The number of carbonyl (C=O) groups excluding carboxylic acids is 1. The van der Waals surface area contributed by atoms with Gasteiger partial charge in [0.05, 0.1) is 23.1 Å². The third-order valence-electron chi connectivity index (χ3n) is 5.42. The molecule has 2 heterocycles. The van der Waals surface area contributed by atoms with E-state index in [-0.39, 0.29) is 23.0 Å². The van der Waals surface area contributed by atoms with Crippen LogP contribution in [-0.2, 0) is 21.4 Å². The Hall–Kier alpha value is -3.24. The maximum atomic E-state index is 13.0. The molecule has 0 saturated carbocycles. The van der Waals surface area contributed by atoms with Gasteiger partial charge in [-0.2, -0.15) is 9.29 Å². The molecule has 0 spiro atoms. The number of hydrogen-bond acceptors (Lipinski definition) is 8. The average Bonchev–Trinajstić information content (AvgIpc) is 3.14. The summed E-state index contributed by atoms with van der Waals surface area (Å²) in [6, 6.07) is 13.1. The maximum absolute atomic E-state index is 13.0. The molecule has 1 fully saturated rings. The van der Waals surface area contributed by atoms with Crippen molar-refractivity contribution in [1.29, 1.82) is 0 Å². The number of carbonyl (C=O) groups is 1. The molecule has 1 aliphatic heterocycles. The molecule has 1 aromatic heterocycles. The number of rotatable bonds is 7. The number of ether oxygens (including phenoxy) is 2. The molecule has 174 valence electrons. The molecule has 0 unspecified atom stereocenters. The molecule has 0 radical (unpaired) electrons. The minimum Gasteiger partial charge on any atom is -0.496 e. The van der Waals surface area contributed by atoms with E-state index in [0.717, 1.165) is 25.7 Å². The number of nitrogens with zero attached hydrogens (tertiary/aromatic N) is 3. The Morgan fingerprint density at radius 2 is 1.82 bits per heavy atom. The van der Waals surface area contributed by atoms with Crippen LogP contribution in [0, 0.1) is 0 Å². The molecule has 2 aromatic carbocycles. The summed E-state index contributed by atoms with van der Waals surface area (Å²) in [5, 5.41) is 3.91. The van der Waals surface area contributed by atoms with Gasteiger partial charge < -0.3 is 14.0 Å². The van der Waals surface area contributed by atoms with Crippen LogP contribution in [0.2, 0.25) is 0 Å². The zero-order valence-corrected chi connectivity index (χ0v) is 19.1. The van der Waals surface area contributed by atoms with Crippen molar-refractivity contribution in [3.63, 3.8) is 0 Å². The number of hydrogen-bond donors (Lipinski definition) is 0. The molecule has 1 aliphatic rings. The highest BCUT2D eigenvalue weighted by atomic mass is 32.2. The first kappa shape index (κ1) is 22.9. The molecule has 0 aliphatic carbocycles. The minimum absolute atomic E-state index is 0.0788. The predicted molar refractivity (Wildman–Crippen MR) is 119 cm³/mol. The number of esters is 1. The van der Waals surface area contributed by atoms with Crippen molar-refractivity contribution in [2.75, 3.05) is 20.2 Å². The molecule has 0 atom stereocenters. The quantitative estimate of drug-likeness (QED) is 0.480. The Balaban J connectivity index is 1.44. The molecule has 3 aromatic rings. The third kappa shape index (κ3) is 5.23. The van der Waals surface area contributed by atoms with Gasteiger partial charge in [0.2, 0.25) is 15.8 Å². The van der Waals surface area contributed by atoms with Crippen molar-refractivity contribution in [3.8, 4) is 17.1 Å². The van der Waals surface area contributed by atoms with Gasteiger partial charge in [-0.1, -0.05) is 36.2 Å². The van der Waals surface area contributed by atoms with Crippen molar-refractivity contribution in [2.45, 2.75) is 37.2 Å². The highest BCUT2D eigenvalue weighted by molar-refractivity contribution is 7.89. The van der Waals surface area contributed by atoms with Crippen LogP contribution in [0.5, 0.6) is 5.75 Å². The summed E-state index contributed by atoms with van der Waals surface area (Å²) in [7, 11) is -2.13. The van der Waals surface area contributed by atoms with E-state index in [1.54, 1.807) is 19.2 Å². The van der Waals surface area contributed by atoms with E-state index in [9.17, 15) is 13.2 Å². The van der Waals surface area contributed by atoms with Gasteiger partial charge in [0.25, 0.3) is 5.89 Å². The fraction of sp³-hybridized carbons (Fsp3) is 0.348. The van der Waals surface area contributed by atoms with Gasteiger partial charge in [0, 0.05) is 13.1 Å². The highest BCUT2D eigenvalue weighted by Gasteiger charge is 2.26. The molecule has 9 nitrogen and oxygen atoms in total. The first-order valence-corrected chi connectivity index (χ1v) is 12.2. The Bertz CT molecular complexity index is 1220. The molecular weight excluding hydrogens is 446 g/mol. The van der Waals surface area contributed by atoms with E-state index in [4.69, 9.17) is 14.0 Å². The van der Waals surface area contributed by atoms with Crippen LogP contribution in [-0.4, -0.2) is 49.0 Å². The van der Waals surface area contributed by atoms with Crippen LogP contribution in [0.25, 0.3) is 11.4 Å². The SMILES string of the molecule is COc1ccccc1-c1noc(COC(=O)c2cccc(S(=O)(=O)N3CCCCCC3)c2)n1. The van der Waals surface area contributed by atoms with E-state index in [0.29, 0.717) is 30.2 Å². The number of benzene rings is 2. The number of para-hydroxylation sites is 1. The Morgan fingerprint density at radius 3 is 2.58 bits per heavy atom. The minimum atomic E-state index is -3.67. The summed E-state index contributed by atoms with van der Waals surface area (Å²) in [6.07, 6.45) is 3.71. The summed E-state index contributed by atoms with van der Waals surface area (Å²) in [6.45, 7) is 0.732. The van der Waals surface area contributed by atoms with Gasteiger partial charge in [0.1, 0.15) is 5.75 Å². The summed E-state index contributed by atoms with van der Waals surface area (Å²) in [5.74, 6) is 0.325. The molecular formula is C23H25N3O6S. The van der Waals surface area contributed by atoms with Crippen molar-refractivity contribution in [3.05, 3.63) is 60.0 Å². The monoisotopic (exact) mass is 471 g/mol. The second kappa shape index (κ2) is 10.1. The van der Waals surface area contributed by atoms with Gasteiger partial charge in [-0.25, -0.2) is 13.2 Å². The lowest BCUT2D eigenvalue weighted by atomic mass is 10.2. The third-order valence-corrected chi connectivity index (χ3v) is 7.31. The lowest BCUT2D eigenvalue weighted by Gasteiger charge is -2.20. The molecule has 10 heteroatoms. The van der Waals surface area contributed by atoms with Gasteiger partial charge >= 0.3 is 5.97 Å². The topological polar surface area (TPSA) is 112 Å². The molecule has 33 heavy (non-hydrogen) atoms. The van der Waals surface area contributed by atoms with Crippen LogP contribution in [0.15, 0.2) is 57.9 Å². The van der Waals surface area contributed by atoms with E-state index in [2.05, 4.69) is 10.1 Å². The smallest absolute Gasteiger partial charge is 0.338 e. The second-order valence-electron chi connectivity index (χ2n) is 7.63. The Morgan fingerprint density at radius 1 is 1.06 bits per heavy atom. The molecule has 0 amide bonds. The zero-order chi connectivity index (χ0) is 23.3. The number of aromatic nitrogens is 2. The normalized spacial score (nSPS) is 15.1. The predicted octanol–water partition coefficient (Wildman–Crippen LogP) is 3.67. The van der Waals surface area contributed by atoms with E-state index in [1.165, 1.54) is 28.6 Å². The number of sulfonamides is 1. The molecule has 0 bridgehead atoms. The summed E-state index contributed by atoms with van der Waals surface area (Å²) in [5.41, 5.74) is 0.781. The highest BCUT2D eigenvalue weighted by Crippen LogP contribution is 2.27. The van der Waals surface area contributed by atoms with Crippen molar-refractivity contribution >= 4 is 16.0 Å². The zero-order valence-electron chi connectivity index (χ0n) is 18.3. The average molecular weight is 472 g/mol. The fourth-order valence-corrected chi connectivity index (χ4v) is 5.24. The Kier molecular flexibility index (Phi) is 7.05. The summed E-state index contributed by atoms with van der Waals surface area (Å²) in [4.78, 5) is 16.9. The second-order valence-corrected chi connectivity index (χ2v) is 9.57. The van der Waals surface area contributed by atoms with Crippen LogP contribution in [0.3, 0.4) is 0 Å². The molecule has 1 saturated heterocycles. The van der Waals surface area contributed by atoms with Gasteiger partial charge in [-0.15, -0.1) is 0 Å². The van der Waals surface area contributed by atoms with Crippen LogP contribution in [0.1, 0.15) is 41.9 Å². The van der Waals surface area contributed by atoms with Crippen LogP contribution < -0.4 is 4.74 Å². The number of methoxy groups -OCH3 is 1. The van der Waals surface area contributed by atoms with E-state index in [1.807, 2.05) is 12.1 Å². The van der Waals surface area contributed by atoms with Crippen molar-refractivity contribution in [1.82, 2.24) is 14.4 Å². The van der Waals surface area contributed by atoms with Crippen LogP contribution in [0.4, 0.5) is 0 Å². The fourth-order valence-electron chi connectivity index (χ4n) is 3.68. The largest absolute Gasteiger partial charge is 0.496 e. The molecule has 0 N–H and O–H groups in total.